The van der Waals surface area contributed by atoms with Crippen LogP contribution in [-0.2, 0) is 0 Å². The van der Waals surface area contributed by atoms with Gasteiger partial charge in [-0.15, -0.1) is 11.3 Å². The van der Waals surface area contributed by atoms with Crippen molar-refractivity contribution in [2.45, 2.75) is 0 Å². The Hall–Kier alpha value is -9.28. The highest BCUT2D eigenvalue weighted by Gasteiger charge is 2.16. The molecule has 0 saturated heterocycles. The van der Waals surface area contributed by atoms with E-state index in [0.29, 0.717) is 0 Å². The van der Waals surface area contributed by atoms with E-state index in [-0.39, 0.29) is 0 Å². The molecule has 0 N–H and O–H groups in total. The molecular weight excluding hydrogens is 901 g/mol. The standard InChI is InChI=1S/C70H46N2S/c1-2-12-53-44-57(28-27-47(53)11-1)55-14-9-13-54(43-55)51-31-38-60(39-32-51)71(61-40-33-52(34-41-61)58-35-42-70-66(46-58)65-19-5-8-22-69(65)73-70)59-36-29-49(30-37-59)48-23-25-50(26-24-48)56-15-10-16-62(45-56)72-67-20-6-3-17-63(67)64-18-4-7-21-68(64)72/h1-46H. The SMILES string of the molecule is c1cc(-c2ccc(N(c3ccc(-c4ccc(-c5cccc(-n6c7ccccc7c7ccccc76)c5)cc4)cc3)c3ccc(-c4ccc5sc6ccccc6c5c4)cc3)cc2)cc(-c2ccc3ccccc3c2)c1. The summed E-state index contributed by atoms with van der Waals surface area (Å²) in [4.78, 5) is 2.37. The highest BCUT2D eigenvalue weighted by Crippen LogP contribution is 2.41. The van der Waals surface area contributed by atoms with Crippen molar-refractivity contribution in [3.8, 4) is 61.3 Å². The number of thiophene rings is 1. The summed E-state index contributed by atoms with van der Waals surface area (Å²) >= 11 is 1.86. The molecule has 14 rings (SSSR count). The minimum absolute atomic E-state index is 1.09. The summed E-state index contributed by atoms with van der Waals surface area (Å²) in [7, 11) is 0. The van der Waals surface area contributed by atoms with Crippen LogP contribution in [0.1, 0.15) is 0 Å². The summed E-state index contributed by atoms with van der Waals surface area (Å²) in [5, 5.41) is 7.67. The lowest BCUT2D eigenvalue weighted by molar-refractivity contribution is 1.18. The molecule has 0 fully saturated rings. The molecule has 0 aliphatic heterocycles. The maximum absolute atomic E-state index is 2.38. The molecule has 0 radical (unpaired) electrons. The first kappa shape index (κ1) is 42.6. The van der Waals surface area contributed by atoms with Crippen molar-refractivity contribution >= 4 is 81.1 Å². The van der Waals surface area contributed by atoms with E-state index in [9.17, 15) is 0 Å². The van der Waals surface area contributed by atoms with Crippen LogP contribution in [0.15, 0.2) is 279 Å². The monoisotopic (exact) mass is 946 g/mol. The van der Waals surface area contributed by atoms with Crippen molar-refractivity contribution in [1.29, 1.82) is 0 Å². The Morgan fingerprint density at radius 1 is 0.247 bits per heavy atom. The number of benzene rings is 12. The largest absolute Gasteiger partial charge is 0.311 e. The zero-order valence-electron chi connectivity index (χ0n) is 39.9. The Bertz CT molecular complexity index is 4300. The number of para-hydroxylation sites is 2. The fourth-order valence-corrected chi connectivity index (χ4v) is 12.0. The van der Waals surface area contributed by atoms with Crippen LogP contribution < -0.4 is 4.90 Å². The molecule has 0 aliphatic rings. The Morgan fingerprint density at radius 3 is 1.27 bits per heavy atom. The Morgan fingerprint density at radius 2 is 0.658 bits per heavy atom. The maximum Gasteiger partial charge on any atom is 0.0541 e. The fraction of sp³-hybridized carbons (Fsp3) is 0. The Labute approximate surface area is 428 Å². The molecule has 0 saturated carbocycles. The minimum Gasteiger partial charge on any atom is -0.311 e. The van der Waals surface area contributed by atoms with Crippen LogP contribution in [0.4, 0.5) is 17.1 Å². The van der Waals surface area contributed by atoms with Gasteiger partial charge in [0.05, 0.1) is 11.0 Å². The van der Waals surface area contributed by atoms with Gasteiger partial charge in [-0.3, -0.25) is 0 Å². The molecule has 73 heavy (non-hydrogen) atoms. The molecule has 0 atom stereocenters. The Kier molecular flexibility index (Phi) is 10.4. The second kappa shape index (κ2) is 17.8. The summed E-state index contributed by atoms with van der Waals surface area (Å²) < 4.78 is 5.02. The number of hydrogen-bond donors (Lipinski definition) is 0. The van der Waals surface area contributed by atoms with Crippen LogP contribution in [0.2, 0.25) is 0 Å². The van der Waals surface area contributed by atoms with Crippen molar-refractivity contribution in [2.24, 2.45) is 0 Å². The predicted molar refractivity (Wildman–Crippen MR) is 313 cm³/mol. The van der Waals surface area contributed by atoms with E-state index in [2.05, 4.69) is 289 Å². The third-order valence-electron chi connectivity index (χ3n) is 14.6. The first-order valence-corrected chi connectivity index (χ1v) is 25.8. The summed E-state index contributed by atoms with van der Waals surface area (Å²) in [6, 6.07) is 102. The van der Waals surface area contributed by atoms with E-state index < -0.39 is 0 Å². The number of hydrogen-bond acceptors (Lipinski definition) is 2. The normalized spacial score (nSPS) is 11.6. The molecule has 0 amide bonds. The van der Waals surface area contributed by atoms with Crippen LogP contribution in [0.5, 0.6) is 0 Å². The van der Waals surface area contributed by atoms with Gasteiger partial charge in [-0.2, -0.15) is 0 Å². The van der Waals surface area contributed by atoms with Crippen LogP contribution >= 0.6 is 11.3 Å². The molecule has 2 aromatic heterocycles. The average molecular weight is 947 g/mol. The molecule has 3 heteroatoms. The zero-order valence-corrected chi connectivity index (χ0v) is 40.7. The quantitative estimate of drug-likeness (QED) is 0.140. The maximum atomic E-state index is 2.38. The van der Waals surface area contributed by atoms with Gasteiger partial charge in [-0.1, -0.05) is 188 Å². The number of rotatable bonds is 9. The molecule has 0 bridgehead atoms. The van der Waals surface area contributed by atoms with Crippen LogP contribution in [0.25, 0.3) is 114 Å². The molecule has 0 unspecified atom stereocenters. The lowest BCUT2D eigenvalue weighted by atomic mass is 9.97. The van der Waals surface area contributed by atoms with E-state index in [1.54, 1.807) is 0 Å². The summed E-state index contributed by atoms with van der Waals surface area (Å²) in [5.41, 5.74) is 18.8. The third-order valence-corrected chi connectivity index (χ3v) is 15.8. The second-order valence-corrected chi connectivity index (χ2v) is 20.0. The minimum atomic E-state index is 1.09. The van der Waals surface area contributed by atoms with Gasteiger partial charge in [0.15, 0.2) is 0 Å². The van der Waals surface area contributed by atoms with Gasteiger partial charge >= 0.3 is 0 Å². The van der Waals surface area contributed by atoms with E-state index in [1.807, 2.05) is 11.3 Å². The third kappa shape index (κ3) is 7.75. The van der Waals surface area contributed by atoms with E-state index in [4.69, 9.17) is 0 Å². The van der Waals surface area contributed by atoms with Crippen molar-refractivity contribution in [1.82, 2.24) is 4.57 Å². The van der Waals surface area contributed by atoms with E-state index in [1.165, 1.54) is 108 Å². The molecule has 2 heterocycles. The number of aromatic nitrogens is 1. The van der Waals surface area contributed by atoms with Crippen LogP contribution in [0, 0.1) is 0 Å². The van der Waals surface area contributed by atoms with Crippen molar-refractivity contribution in [2.75, 3.05) is 4.90 Å². The molecule has 0 spiro atoms. The topological polar surface area (TPSA) is 8.17 Å². The highest BCUT2D eigenvalue weighted by molar-refractivity contribution is 7.25. The molecule has 342 valence electrons. The molecule has 12 aromatic carbocycles. The average Bonchev–Trinajstić information content (AvgIpc) is 4.01. The van der Waals surface area contributed by atoms with Gasteiger partial charge in [0.1, 0.15) is 0 Å². The molecular formula is C70H46N2S. The van der Waals surface area contributed by atoms with Gasteiger partial charge in [-0.25, -0.2) is 0 Å². The first-order valence-electron chi connectivity index (χ1n) is 25.0. The van der Waals surface area contributed by atoms with Crippen molar-refractivity contribution < 1.29 is 0 Å². The van der Waals surface area contributed by atoms with E-state index >= 15 is 0 Å². The number of nitrogens with zero attached hydrogens (tertiary/aromatic N) is 2. The van der Waals surface area contributed by atoms with Gasteiger partial charge in [0.2, 0.25) is 0 Å². The second-order valence-electron chi connectivity index (χ2n) is 18.9. The van der Waals surface area contributed by atoms with Gasteiger partial charge < -0.3 is 9.47 Å². The molecule has 2 nitrogen and oxygen atoms in total. The van der Waals surface area contributed by atoms with Crippen molar-refractivity contribution in [3.63, 3.8) is 0 Å². The van der Waals surface area contributed by atoms with Gasteiger partial charge in [0.25, 0.3) is 0 Å². The summed E-state index contributed by atoms with van der Waals surface area (Å²) in [6.07, 6.45) is 0. The lowest BCUT2D eigenvalue weighted by Crippen LogP contribution is -2.09. The summed E-state index contributed by atoms with van der Waals surface area (Å²) in [6.45, 7) is 0. The molecule has 14 aromatic rings. The highest BCUT2D eigenvalue weighted by atomic mass is 32.1. The van der Waals surface area contributed by atoms with E-state index in [0.717, 1.165) is 22.7 Å². The Balaban J connectivity index is 0.780. The summed E-state index contributed by atoms with van der Waals surface area (Å²) in [5.74, 6) is 0. The van der Waals surface area contributed by atoms with Gasteiger partial charge in [0, 0.05) is 53.7 Å². The zero-order chi connectivity index (χ0) is 48.2. The first-order chi connectivity index (χ1) is 36.1. The predicted octanol–water partition coefficient (Wildman–Crippen LogP) is 20.1. The van der Waals surface area contributed by atoms with Gasteiger partial charge in [-0.05, 0) is 157 Å². The fourth-order valence-electron chi connectivity index (χ4n) is 10.9. The van der Waals surface area contributed by atoms with Crippen LogP contribution in [0.3, 0.4) is 0 Å². The van der Waals surface area contributed by atoms with Crippen LogP contribution in [-0.4, -0.2) is 4.57 Å². The van der Waals surface area contributed by atoms with Crippen molar-refractivity contribution in [3.05, 3.63) is 279 Å². The number of anilines is 3. The lowest BCUT2D eigenvalue weighted by Gasteiger charge is -2.26. The molecule has 0 aliphatic carbocycles. The smallest absolute Gasteiger partial charge is 0.0541 e. The number of fused-ring (bicyclic) bond motifs is 7.